The van der Waals surface area contributed by atoms with Crippen LogP contribution in [0.1, 0.15) is 158 Å². The van der Waals surface area contributed by atoms with Gasteiger partial charge in [0.1, 0.15) is 79.9 Å². The van der Waals surface area contributed by atoms with Gasteiger partial charge in [0.25, 0.3) is 0 Å². The summed E-state index contributed by atoms with van der Waals surface area (Å²) in [6.45, 7) is 21.4. The van der Waals surface area contributed by atoms with Crippen molar-refractivity contribution >= 4 is 66.1 Å². The number of nitrogens with one attached hydrogen (secondary N) is 3. The van der Waals surface area contributed by atoms with Crippen LogP contribution in [0.4, 0.5) is 0 Å². The van der Waals surface area contributed by atoms with E-state index in [1.165, 1.54) is 0 Å². The number of hydrogen-bond donors (Lipinski definition) is 3. The van der Waals surface area contributed by atoms with Crippen LogP contribution in [0, 0.1) is 0 Å². The largest absolute Gasteiger partial charge is 0.493 e. The minimum atomic E-state index is 0.427. The molecule has 4 aromatic carbocycles. The zero-order valence-corrected chi connectivity index (χ0v) is 48.1. The quantitative estimate of drug-likeness (QED) is 0.0341. The van der Waals surface area contributed by atoms with Crippen molar-refractivity contribution in [1.82, 2.24) is 34.9 Å². The molecular weight excluding hydrogens is 995 g/mol. The molecule has 15 nitrogen and oxygen atoms in total. The SMILES string of the molecule is CCCCOc1ccc(OCCCC)c2c1-c1nc-2c2[nH]c(nc3[nH]c(nc4[nH]c(n1)c1c(OCCCC)ccc(OCCCC)c41)c1c(OCCCC)ccc(OCCCC)c31)c1c(OCCCC)ccc(OCCCC)c21. The van der Waals surface area contributed by atoms with Crippen LogP contribution < -0.4 is 37.9 Å². The monoisotopic (exact) mass is 1080 g/mol. The average Bonchev–Trinajstić information content (AvgIpc) is 4.41. The molecule has 0 saturated heterocycles. The fourth-order valence-corrected chi connectivity index (χ4v) is 9.84. The number of nitrogens with zero attached hydrogens (tertiary/aromatic N) is 4. The topological polar surface area (TPSA) is 173 Å². The first-order chi connectivity index (χ1) is 38.9. The van der Waals surface area contributed by atoms with Crippen LogP contribution in [0.2, 0.25) is 0 Å². The van der Waals surface area contributed by atoms with Gasteiger partial charge in [-0.3, -0.25) is 0 Å². The van der Waals surface area contributed by atoms with Gasteiger partial charge in [0.05, 0.1) is 102 Å². The van der Waals surface area contributed by atoms with E-state index in [-0.39, 0.29) is 0 Å². The van der Waals surface area contributed by atoms with E-state index < -0.39 is 0 Å². The summed E-state index contributed by atoms with van der Waals surface area (Å²) >= 11 is 0. The Hall–Kier alpha value is -7.16. The summed E-state index contributed by atoms with van der Waals surface area (Å²) in [6.07, 6.45) is 14.7. The third-order valence-corrected chi connectivity index (χ3v) is 14.3. The summed E-state index contributed by atoms with van der Waals surface area (Å²) in [7, 11) is 0. The van der Waals surface area contributed by atoms with Crippen LogP contribution in [0.5, 0.6) is 46.0 Å². The second kappa shape index (κ2) is 27.6. The minimum absolute atomic E-state index is 0.427. The molecule has 1 aliphatic rings. The Labute approximate surface area is 465 Å². The van der Waals surface area contributed by atoms with E-state index in [9.17, 15) is 0 Å². The van der Waals surface area contributed by atoms with E-state index in [2.05, 4.69) is 70.3 Å². The van der Waals surface area contributed by atoms with Crippen molar-refractivity contribution in [2.24, 2.45) is 0 Å². The molecule has 79 heavy (non-hydrogen) atoms. The van der Waals surface area contributed by atoms with Crippen LogP contribution >= 0.6 is 0 Å². The van der Waals surface area contributed by atoms with Gasteiger partial charge >= 0.3 is 0 Å². The van der Waals surface area contributed by atoms with E-state index in [1.54, 1.807) is 0 Å². The number of benzene rings is 4. The summed E-state index contributed by atoms with van der Waals surface area (Å²) in [6, 6.07) is 16.0. The Morgan fingerprint density at radius 3 is 0.861 bits per heavy atom. The highest BCUT2D eigenvalue weighted by atomic mass is 16.5. The number of aromatic nitrogens is 7. The van der Waals surface area contributed by atoms with Gasteiger partial charge in [0.2, 0.25) is 0 Å². The first kappa shape index (κ1) is 56.6. The number of unbranched alkanes of at least 4 members (excludes halogenated alkanes) is 8. The van der Waals surface area contributed by atoms with Crippen LogP contribution in [0.25, 0.3) is 88.7 Å². The summed E-state index contributed by atoms with van der Waals surface area (Å²) < 4.78 is 54.1. The Morgan fingerprint density at radius 1 is 0.278 bits per heavy atom. The van der Waals surface area contributed by atoms with Gasteiger partial charge in [-0.05, 0) is 99.9 Å². The molecule has 8 aromatic rings. The lowest BCUT2D eigenvalue weighted by molar-refractivity contribution is 0.303. The van der Waals surface area contributed by atoms with Gasteiger partial charge in [0, 0.05) is 0 Å². The van der Waals surface area contributed by atoms with E-state index in [4.69, 9.17) is 57.8 Å². The van der Waals surface area contributed by atoms with Crippen molar-refractivity contribution < 1.29 is 37.9 Å². The van der Waals surface area contributed by atoms with Gasteiger partial charge in [-0.2, -0.15) is 0 Å². The Kier molecular flexibility index (Phi) is 19.8. The van der Waals surface area contributed by atoms with E-state index >= 15 is 0 Å². The smallest absolute Gasteiger partial charge is 0.166 e. The van der Waals surface area contributed by atoms with E-state index in [1.807, 2.05) is 48.5 Å². The molecule has 0 amide bonds. The number of H-pyrrole nitrogens is 3. The molecule has 8 bridgehead atoms. The number of ether oxygens (including phenoxy) is 8. The van der Waals surface area contributed by atoms with Crippen LogP contribution in [0.3, 0.4) is 0 Å². The van der Waals surface area contributed by atoms with Crippen LogP contribution in [-0.4, -0.2) is 87.7 Å². The molecule has 0 spiro atoms. The molecule has 0 aliphatic carbocycles. The van der Waals surface area contributed by atoms with Crippen molar-refractivity contribution in [2.45, 2.75) is 158 Å². The molecule has 15 heteroatoms. The Balaban J connectivity index is 1.55. The van der Waals surface area contributed by atoms with Gasteiger partial charge in [0.15, 0.2) is 5.82 Å². The van der Waals surface area contributed by atoms with E-state index in [0.29, 0.717) is 155 Å². The lowest BCUT2D eigenvalue weighted by Crippen LogP contribution is -2.02. The molecular formula is C64H83N7O8. The second-order valence-corrected chi connectivity index (χ2v) is 20.5. The first-order valence-corrected chi connectivity index (χ1v) is 29.8. The minimum Gasteiger partial charge on any atom is -0.493 e. The molecule has 0 unspecified atom stereocenters. The molecule has 0 saturated carbocycles. The molecule has 0 fully saturated rings. The number of rotatable bonds is 32. The van der Waals surface area contributed by atoms with E-state index in [0.717, 1.165) is 135 Å². The lowest BCUT2D eigenvalue weighted by Gasteiger charge is -2.15. The molecule has 1 aliphatic heterocycles. The zero-order chi connectivity index (χ0) is 55.1. The highest BCUT2D eigenvalue weighted by molar-refractivity contribution is 6.19. The maximum atomic E-state index is 6.82. The van der Waals surface area contributed by atoms with Gasteiger partial charge in [-0.15, -0.1) is 0 Å². The molecule has 0 atom stereocenters. The third kappa shape index (κ3) is 12.4. The van der Waals surface area contributed by atoms with Crippen LogP contribution in [-0.2, 0) is 0 Å². The highest BCUT2D eigenvalue weighted by Gasteiger charge is 2.32. The standard InChI is InChI=1S/C64H83N7O8/c1-9-17-33-72-41-25-27-43(74-35-19-11-3)51-49(41)57-58-50-42(73-34-18-10-2)26-28-44(75-36-20-12-4)52(50)60(66-58)68-62-54-46(77-38-22-14-6)30-32-48(79-40-24-16-8)56(54)64(70-62)71-63-55-47(78-39-23-15-7)31-29-45(76-37-21-13-5)53(55)61(69-63)67-59(51)65-57/h25-32H,9-24,33-40H2,1-8H3,(H3,65,66,67,68,69,70,71). The first-order valence-electron chi connectivity index (χ1n) is 29.8. The highest BCUT2D eigenvalue weighted by Crippen LogP contribution is 2.52. The molecule has 3 N–H and O–H groups in total. The average molecular weight is 1080 g/mol. The Morgan fingerprint density at radius 2 is 0.532 bits per heavy atom. The number of aromatic amines is 3. The normalized spacial score (nSPS) is 11.7. The molecule has 422 valence electrons. The number of hydrogen-bond acceptors (Lipinski definition) is 12. The number of fused-ring (bicyclic) bond motifs is 21. The molecule has 4 aromatic heterocycles. The van der Waals surface area contributed by atoms with Gasteiger partial charge < -0.3 is 52.8 Å². The van der Waals surface area contributed by atoms with Crippen molar-refractivity contribution in [3.63, 3.8) is 0 Å². The summed E-state index contributed by atoms with van der Waals surface area (Å²) in [5.74, 6) is 5.68. The second-order valence-electron chi connectivity index (χ2n) is 20.5. The Bertz CT molecular complexity index is 3450. The lowest BCUT2D eigenvalue weighted by atomic mass is 10.0. The summed E-state index contributed by atoms with van der Waals surface area (Å²) in [5.41, 5.74) is 5.30. The van der Waals surface area contributed by atoms with Gasteiger partial charge in [-0.25, -0.2) is 19.9 Å². The maximum Gasteiger partial charge on any atom is 0.166 e. The molecule has 5 heterocycles. The van der Waals surface area contributed by atoms with Crippen molar-refractivity contribution in [1.29, 1.82) is 0 Å². The zero-order valence-electron chi connectivity index (χ0n) is 48.1. The predicted molar refractivity (Wildman–Crippen MR) is 320 cm³/mol. The molecule has 9 rings (SSSR count). The van der Waals surface area contributed by atoms with Crippen molar-refractivity contribution in [2.75, 3.05) is 52.9 Å². The third-order valence-electron chi connectivity index (χ3n) is 14.3. The molecule has 0 radical (unpaired) electrons. The van der Waals surface area contributed by atoms with Gasteiger partial charge in [-0.1, -0.05) is 107 Å². The fraction of sp³-hybridized carbons (Fsp3) is 0.500. The fourth-order valence-electron chi connectivity index (χ4n) is 9.84. The maximum absolute atomic E-state index is 6.82. The summed E-state index contributed by atoms with van der Waals surface area (Å²) in [4.78, 5) is 33.9. The van der Waals surface area contributed by atoms with Crippen LogP contribution in [0.15, 0.2) is 48.5 Å². The summed E-state index contributed by atoms with van der Waals surface area (Å²) in [5, 5.41) is 4.42. The van der Waals surface area contributed by atoms with Crippen molar-refractivity contribution in [3.05, 3.63) is 48.5 Å². The predicted octanol–water partition coefficient (Wildman–Crippen LogP) is 16.9. The van der Waals surface area contributed by atoms with Crippen molar-refractivity contribution in [3.8, 4) is 68.6 Å².